The van der Waals surface area contributed by atoms with Gasteiger partial charge in [0.05, 0.1) is 18.1 Å². The topological polar surface area (TPSA) is 69.0 Å². The van der Waals surface area contributed by atoms with Crippen molar-refractivity contribution in [3.8, 4) is 5.69 Å². The summed E-state index contributed by atoms with van der Waals surface area (Å²) >= 11 is 11.8. The Balaban J connectivity index is 1.77. The first-order chi connectivity index (χ1) is 12.5. The molecule has 0 aliphatic carbocycles. The minimum atomic E-state index is -0.847. The van der Waals surface area contributed by atoms with E-state index >= 15 is 0 Å². The Labute approximate surface area is 158 Å². The summed E-state index contributed by atoms with van der Waals surface area (Å²) in [4.78, 5) is 16.1. The summed E-state index contributed by atoms with van der Waals surface area (Å²) in [6.07, 6.45) is 0.902. The first-order valence-corrected chi connectivity index (χ1v) is 8.29. The lowest BCUT2D eigenvalue weighted by Gasteiger charge is -2.16. The molecule has 0 saturated heterocycles. The van der Waals surface area contributed by atoms with Crippen LogP contribution in [0.4, 0.5) is 15.0 Å². The number of halogens is 3. The molecule has 0 fully saturated rings. The lowest BCUT2D eigenvalue weighted by molar-refractivity contribution is 0.121. The fraction of sp³-hybridized carbons (Fsp3) is 0.118. The molecular weight excluding hydrogens is 382 g/mol. The maximum Gasteiger partial charge on any atom is 0.413 e. The zero-order valence-electron chi connectivity index (χ0n) is 13.5. The molecule has 0 aliphatic rings. The van der Waals surface area contributed by atoms with Crippen LogP contribution < -0.4 is 5.32 Å². The Hall–Kier alpha value is -2.64. The molecule has 0 unspecified atom stereocenters. The Morgan fingerprint density at radius 1 is 1.23 bits per heavy atom. The van der Waals surface area contributed by atoms with Crippen LogP contribution in [-0.4, -0.2) is 20.9 Å². The van der Waals surface area contributed by atoms with Crippen molar-refractivity contribution in [1.82, 2.24) is 14.8 Å². The van der Waals surface area contributed by atoms with Crippen LogP contribution in [0.25, 0.3) is 5.69 Å². The molecule has 2 heterocycles. The van der Waals surface area contributed by atoms with E-state index in [1.807, 2.05) is 0 Å². The maximum absolute atomic E-state index is 14.0. The monoisotopic (exact) mass is 394 g/mol. The number of anilines is 1. The predicted molar refractivity (Wildman–Crippen MR) is 96.3 cm³/mol. The van der Waals surface area contributed by atoms with E-state index in [0.717, 1.165) is 6.20 Å². The highest BCUT2D eigenvalue weighted by Gasteiger charge is 2.19. The third-order valence-electron chi connectivity index (χ3n) is 3.53. The smallest absolute Gasteiger partial charge is 0.413 e. The summed E-state index contributed by atoms with van der Waals surface area (Å²) in [6, 6.07) is 10.1. The van der Waals surface area contributed by atoms with Crippen LogP contribution in [0.15, 0.2) is 48.8 Å². The number of benzene rings is 1. The summed E-state index contributed by atoms with van der Waals surface area (Å²) < 4.78 is 20.5. The average molecular weight is 395 g/mol. The number of hydrogen-bond acceptors (Lipinski definition) is 4. The largest absolute Gasteiger partial charge is 0.441 e. The van der Waals surface area contributed by atoms with E-state index in [0.29, 0.717) is 16.3 Å². The van der Waals surface area contributed by atoms with Gasteiger partial charge in [0.25, 0.3) is 0 Å². The number of nitrogens with one attached hydrogen (secondary N) is 1. The van der Waals surface area contributed by atoms with Gasteiger partial charge in [0.15, 0.2) is 11.6 Å². The van der Waals surface area contributed by atoms with Gasteiger partial charge >= 0.3 is 6.09 Å². The van der Waals surface area contributed by atoms with Gasteiger partial charge in [-0.2, -0.15) is 5.10 Å². The van der Waals surface area contributed by atoms with Crippen molar-refractivity contribution in [3.05, 3.63) is 70.3 Å². The second-order valence-corrected chi connectivity index (χ2v) is 6.08. The zero-order chi connectivity index (χ0) is 18.7. The zero-order valence-corrected chi connectivity index (χ0v) is 15.0. The lowest BCUT2D eigenvalue weighted by atomic mass is 10.1. The Bertz CT molecular complexity index is 931. The van der Waals surface area contributed by atoms with Gasteiger partial charge in [-0.25, -0.2) is 18.9 Å². The number of carbonyl (C=O) groups is 1. The highest BCUT2D eigenvalue weighted by atomic mass is 35.5. The van der Waals surface area contributed by atoms with Crippen molar-refractivity contribution < 1.29 is 13.9 Å². The maximum atomic E-state index is 14.0. The quantitative estimate of drug-likeness (QED) is 0.630. The predicted octanol–water partition coefficient (Wildman–Crippen LogP) is 5.02. The molecule has 0 spiro atoms. The summed E-state index contributed by atoms with van der Waals surface area (Å²) in [5.41, 5.74) is 1.06. The minimum Gasteiger partial charge on any atom is -0.441 e. The molecule has 1 atom stereocenters. The van der Waals surface area contributed by atoms with E-state index in [9.17, 15) is 9.18 Å². The fourth-order valence-corrected chi connectivity index (χ4v) is 2.69. The molecule has 3 aromatic rings. The molecule has 0 aliphatic heterocycles. The van der Waals surface area contributed by atoms with Crippen LogP contribution in [0.3, 0.4) is 0 Å². The first kappa shape index (κ1) is 18.2. The molecule has 6 nitrogen and oxygen atoms in total. The van der Waals surface area contributed by atoms with Crippen LogP contribution in [0, 0.1) is 5.82 Å². The molecule has 1 N–H and O–H groups in total. The van der Waals surface area contributed by atoms with E-state index < -0.39 is 18.0 Å². The van der Waals surface area contributed by atoms with E-state index in [1.54, 1.807) is 37.3 Å². The molecule has 26 heavy (non-hydrogen) atoms. The Morgan fingerprint density at radius 3 is 2.69 bits per heavy atom. The van der Waals surface area contributed by atoms with E-state index in [-0.39, 0.29) is 11.0 Å². The third-order valence-corrected chi connectivity index (χ3v) is 4.10. The summed E-state index contributed by atoms with van der Waals surface area (Å²) in [5, 5.41) is 6.99. The van der Waals surface area contributed by atoms with Gasteiger partial charge in [-0.05, 0) is 25.1 Å². The van der Waals surface area contributed by atoms with Crippen molar-refractivity contribution in [2.24, 2.45) is 0 Å². The van der Waals surface area contributed by atoms with Crippen molar-refractivity contribution in [1.29, 1.82) is 0 Å². The molecule has 0 bridgehead atoms. The number of hydrogen-bond donors (Lipinski definition) is 1. The van der Waals surface area contributed by atoms with Gasteiger partial charge in [0, 0.05) is 10.6 Å². The second-order valence-electron chi connectivity index (χ2n) is 5.29. The van der Waals surface area contributed by atoms with Gasteiger partial charge in [-0.3, -0.25) is 5.32 Å². The third kappa shape index (κ3) is 3.95. The van der Waals surface area contributed by atoms with E-state index in [4.69, 9.17) is 27.9 Å². The van der Waals surface area contributed by atoms with Crippen LogP contribution in [0.5, 0.6) is 0 Å². The molecule has 0 radical (unpaired) electrons. The number of rotatable bonds is 4. The van der Waals surface area contributed by atoms with E-state index in [1.165, 1.54) is 16.9 Å². The number of amides is 1. The average Bonchev–Trinajstić information content (AvgIpc) is 2.96. The van der Waals surface area contributed by atoms with Crippen LogP contribution in [0.2, 0.25) is 10.2 Å². The number of carbonyl (C=O) groups excluding carboxylic acids is 1. The van der Waals surface area contributed by atoms with Crippen LogP contribution in [0.1, 0.15) is 18.6 Å². The lowest BCUT2D eigenvalue weighted by Crippen LogP contribution is -2.19. The minimum absolute atomic E-state index is 0.175. The Kier molecular flexibility index (Phi) is 5.39. The Morgan fingerprint density at radius 2 is 2.00 bits per heavy atom. The summed E-state index contributed by atoms with van der Waals surface area (Å²) in [7, 11) is 0. The number of nitrogens with zero attached hydrogens (tertiary/aromatic N) is 3. The highest BCUT2D eigenvalue weighted by Crippen LogP contribution is 2.26. The standard InChI is InChI=1S/C17H13Cl2FN4O2/c1-10(12-4-2-3-5-13(12)18)26-17(25)23-16-14(20)9-22-24(16)11-6-7-15(19)21-8-11/h2-10H,1H3,(H,23,25)/t10-/m1/s1. The van der Waals surface area contributed by atoms with Gasteiger partial charge in [-0.1, -0.05) is 41.4 Å². The molecular formula is C17H13Cl2FN4O2. The van der Waals surface area contributed by atoms with Crippen LogP contribution >= 0.6 is 23.2 Å². The molecule has 134 valence electrons. The molecule has 1 aromatic carbocycles. The SMILES string of the molecule is C[C@@H](OC(=O)Nc1c(F)cnn1-c1ccc(Cl)nc1)c1ccccc1Cl. The van der Waals surface area contributed by atoms with E-state index in [2.05, 4.69) is 15.4 Å². The molecule has 9 heteroatoms. The molecule has 3 rings (SSSR count). The normalized spacial score (nSPS) is 11.8. The van der Waals surface area contributed by atoms with Crippen LogP contribution in [-0.2, 0) is 4.74 Å². The van der Waals surface area contributed by atoms with Crippen molar-refractivity contribution in [2.75, 3.05) is 5.32 Å². The first-order valence-electron chi connectivity index (χ1n) is 7.53. The van der Waals surface area contributed by atoms with Gasteiger partial charge in [0.2, 0.25) is 0 Å². The second kappa shape index (κ2) is 7.72. The molecule has 2 aromatic heterocycles. The van der Waals surface area contributed by atoms with Crippen molar-refractivity contribution >= 4 is 35.1 Å². The van der Waals surface area contributed by atoms with Crippen molar-refractivity contribution in [2.45, 2.75) is 13.0 Å². The van der Waals surface area contributed by atoms with Gasteiger partial charge in [-0.15, -0.1) is 0 Å². The number of pyridine rings is 1. The number of aromatic nitrogens is 3. The van der Waals surface area contributed by atoms with Crippen molar-refractivity contribution in [3.63, 3.8) is 0 Å². The van der Waals surface area contributed by atoms with Gasteiger partial charge in [0.1, 0.15) is 11.3 Å². The number of ether oxygens (including phenoxy) is 1. The van der Waals surface area contributed by atoms with Gasteiger partial charge < -0.3 is 4.74 Å². The molecule has 1 amide bonds. The molecule has 0 saturated carbocycles. The highest BCUT2D eigenvalue weighted by molar-refractivity contribution is 6.31. The summed E-state index contributed by atoms with van der Waals surface area (Å²) in [6.45, 7) is 1.66. The summed E-state index contributed by atoms with van der Waals surface area (Å²) in [5.74, 6) is -0.896. The fourth-order valence-electron chi connectivity index (χ4n) is 2.29.